The predicted molar refractivity (Wildman–Crippen MR) is 120 cm³/mol. The summed E-state index contributed by atoms with van der Waals surface area (Å²) in [6, 6.07) is 20.0. The summed E-state index contributed by atoms with van der Waals surface area (Å²) in [6.07, 6.45) is 0. The third-order valence-corrected chi connectivity index (χ3v) is 6.46. The van der Waals surface area contributed by atoms with E-state index in [1.165, 1.54) is 0 Å². The molecular formula is C26H22N2O3. The molecule has 1 heterocycles. The molecule has 3 aromatic rings. The number of anilines is 2. The molecule has 1 atom stereocenters. The molecule has 154 valence electrons. The van der Waals surface area contributed by atoms with Crippen molar-refractivity contribution in [3.8, 4) is 0 Å². The van der Waals surface area contributed by atoms with Gasteiger partial charge < -0.3 is 10.2 Å². The lowest BCUT2D eigenvalue weighted by atomic mass is 9.64. The zero-order chi connectivity index (χ0) is 21.9. The Morgan fingerprint density at radius 3 is 2.03 bits per heavy atom. The van der Waals surface area contributed by atoms with E-state index in [2.05, 4.69) is 5.32 Å². The van der Waals surface area contributed by atoms with Gasteiger partial charge in [0.25, 0.3) is 0 Å². The van der Waals surface area contributed by atoms with E-state index < -0.39 is 11.3 Å². The molecule has 0 aromatic heterocycles. The Balaban J connectivity index is 1.81. The minimum Gasteiger partial charge on any atom is -0.378 e. The van der Waals surface area contributed by atoms with E-state index >= 15 is 0 Å². The van der Waals surface area contributed by atoms with Gasteiger partial charge >= 0.3 is 0 Å². The summed E-state index contributed by atoms with van der Waals surface area (Å²) < 4.78 is 0. The zero-order valence-electron chi connectivity index (χ0n) is 17.6. The first kappa shape index (κ1) is 19.2. The number of amides is 1. The molecule has 1 amide bonds. The standard InChI is InChI=1S/C26H22N2O3/c1-15-8-13-21-20(14-15)26(25(31)27-21,16-9-11-17(12-10-16)28(2)3)22-23(29)18-6-4-5-7-19(18)24(22)30/h4-14,22H,1-3H3,(H,27,31). The van der Waals surface area contributed by atoms with Crippen molar-refractivity contribution in [2.45, 2.75) is 12.3 Å². The van der Waals surface area contributed by atoms with Gasteiger partial charge in [0.2, 0.25) is 5.91 Å². The normalized spacial score (nSPS) is 19.9. The highest BCUT2D eigenvalue weighted by Gasteiger charge is 2.61. The molecule has 1 aliphatic heterocycles. The number of rotatable bonds is 3. The molecule has 2 aliphatic rings. The lowest BCUT2D eigenvalue weighted by Gasteiger charge is -2.33. The third-order valence-electron chi connectivity index (χ3n) is 6.46. The fraction of sp³-hybridized carbons (Fsp3) is 0.192. The van der Waals surface area contributed by atoms with Crippen LogP contribution in [0.15, 0.2) is 66.7 Å². The van der Waals surface area contributed by atoms with Crippen LogP contribution in [0, 0.1) is 12.8 Å². The number of carbonyl (C=O) groups excluding carboxylic acids is 3. The summed E-state index contributed by atoms with van der Waals surface area (Å²) in [5.41, 5.74) is 3.23. The maximum absolute atomic E-state index is 13.7. The van der Waals surface area contributed by atoms with Crippen LogP contribution in [0.3, 0.4) is 0 Å². The number of hydrogen-bond donors (Lipinski definition) is 1. The van der Waals surface area contributed by atoms with Crippen LogP contribution in [0.2, 0.25) is 0 Å². The molecule has 3 aromatic carbocycles. The second-order valence-electron chi connectivity index (χ2n) is 8.46. The summed E-state index contributed by atoms with van der Waals surface area (Å²) >= 11 is 0. The van der Waals surface area contributed by atoms with Crippen LogP contribution >= 0.6 is 0 Å². The molecule has 0 fully saturated rings. The number of Topliss-reactive ketones (excluding diaryl/α,β-unsaturated/α-hetero) is 2. The lowest BCUT2D eigenvalue weighted by molar-refractivity contribution is -0.120. The molecular weight excluding hydrogens is 388 g/mol. The number of carbonyl (C=O) groups is 3. The van der Waals surface area contributed by atoms with Crippen LogP contribution in [0.5, 0.6) is 0 Å². The van der Waals surface area contributed by atoms with E-state index in [1.807, 2.05) is 68.4 Å². The van der Waals surface area contributed by atoms with E-state index in [0.29, 0.717) is 27.9 Å². The number of nitrogens with zero attached hydrogens (tertiary/aromatic N) is 1. The summed E-state index contributed by atoms with van der Waals surface area (Å²) in [5, 5.41) is 2.94. The van der Waals surface area contributed by atoms with Crippen molar-refractivity contribution in [3.05, 3.63) is 94.5 Å². The second kappa shape index (κ2) is 6.64. The molecule has 1 N–H and O–H groups in total. The van der Waals surface area contributed by atoms with Gasteiger partial charge in [0.1, 0.15) is 11.3 Å². The van der Waals surface area contributed by atoms with Gasteiger partial charge in [0.15, 0.2) is 11.6 Å². The SMILES string of the molecule is Cc1ccc2c(c1)C(c1ccc(N(C)C)cc1)(C1C(=O)c3ccccc3C1=O)C(=O)N2. The Kier molecular flexibility index (Phi) is 4.12. The van der Waals surface area contributed by atoms with Gasteiger partial charge in [-0.3, -0.25) is 14.4 Å². The molecule has 0 saturated heterocycles. The number of aryl methyl sites for hydroxylation is 1. The van der Waals surface area contributed by atoms with Crippen LogP contribution in [-0.2, 0) is 10.2 Å². The van der Waals surface area contributed by atoms with Crippen molar-refractivity contribution in [1.82, 2.24) is 0 Å². The number of hydrogen-bond acceptors (Lipinski definition) is 4. The number of nitrogens with one attached hydrogen (secondary N) is 1. The summed E-state index contributed by atoms with van der Waals surface area (Å²) in [5.74, 6) is -2.09. The van der Waals surface area contributed by atoms with E-state index in [-0.39, 0.29) is 17.5 Å². The highest BCUT2D eigenvalue weighted by Crippen LogP contribution is 2.52. The zero-order valence-corrected chi connectivity index (χ0v) is 17.6. The Morgan fingerprint density at radius 1 is 0.839 bits per heavy atom. The fourth-order valence-electron chi connectivity index (χ4n) is 4.94. The van der Waals surface area contributed by atoms with Gasteiger partial charge in [-0.2, -0.15) is 0 Å². The third kappa shape index (κ3) is 2.53. The lowest BCUT2D eigenvalue weighted by Crippen LogP contribution is -2.47. The minimum atomic E-state index is -1.42. The summed E-state index contributed by atoms with van der Waals surface area (Å²) in [4.78, 5) is 42.8. The van der Waals surface area contributed by atoms with Crippen molar-refractivity contribution >= 4 is 28.8 Å². The minimum absolute atomic E-state index is 0.304. The fourth-order valence-corrected chi connectivity index (χ4v) is 4.94. The maximum Gasteiger partial charge on any atom is 0.240 e. The quantitative estimate of drug-likeness (QED) is 0.663. The Hall–Kier alpha value is -3.73. The molecule has 0 saturated carbocycles. The topological polar surface area (TPSA) is 66.5 Å². The first-order valence-corrected chi connectivity index (χ1v) is 10.2. The highest BCUT2D eigenvalue weighted by atomic mass is 16.2. The molecule has 0 bridgehead atoms. The second-order valence-corrected chi connectivity index (χ2v) is 8.46. The van der Waals surface area contributed by atoms with Gasteiger partial charge in [-0.25, -0.2) is 0 Å². The van der Waals surface area contributed by atoms with Crippen molar-refractivity contribution in [2.75, 3.05) is 24.3 Å². The summed E-state index contributed by atoms with van der Waals surface area (Å²) in [6.45, 7) is 1.94. The Morgan fingerprint density at radius 2 is 1.45 bits per heavy atom. The number of fused-ring (bicyclic) bond motifs is 2. The molecule has 5 heteroatoms. The Labute approximate surface area is 180 Å². The van der Waals surface area contributed by atoms with Gasteiger partial charge in [-0.05, 0) is 36.2 Å². The molecule has 5 nitrogen and oxygen atoms in total. The summed E-state index contributed by atoms with van der Waals surface area (Å²) in [7, 11) is 3.87. The monoisotopic (exact) mass is 410 g/mol. The van der Waals surface area contributed by atoms with Crippen molar-refractivity contribution in [1.29, 1.82) is 0 Å². The largest absolute Gasteiger partial charge is 0.378 e. The van der Waals surface area contributed by atoms with Crippen LogP contribution in [-0.4, -0.2) is 31.6 Å². The smallest absolute Gasteiger partial charge is 0.240 e. The molecule has 1 unspecified atom stereocenters. The molecule has 0 spiro atoms. The highest BCUT2D eigenvalue weighted by molar-refractivity contribution is 6.31. The van der Waals surface area contributed by atoms with E-state index in [0.717, 1.165) is 11.3 Å². The van der Waals surface area contributed by atoms with Crippen molar-refractivity contribution in [3.63, 3.8) is 0 Å². The van der Waals surface area contributed by atoms with E-state index in [1.54, 1.807) is 24.3 Å². The number of ketones is 2. The van der Waals surface area contributed by atoms with Crippen LogP contribution in [0.1, 0.15) is 37.4 Å². The van der Waals surface area contributed by atoms with Gasteiger partial charge in [-0.1, -0.05) is 54.1 Å². The van der Waals surface area contributed by atoms with Gasteiger partial charge in [-0.15, -0.1) is 0 Å². The maximum atomic E-state index is 13.7. The van der Waals surface area contributed by atoms with E-state index in [4.69, 9.17) is 0 Å². The molecule has 5 rings (SSSR count). The molecule has 0 radical (unpaired) electrons. The Bertz CT molecular complexity index is 1220. The molecule has 1 aliphatic carbocycles. The van der Waals surface area contributed by atoms with Gasteiger partial charge in [0, 0.05) is 36.6 Å². The predicted octanol–water partition coefficient (Wildman–Crippen LogP) is 3.99. The van der Waals surface area contributed by atoms with Crippen molar-refractivity contribution < 1.29 is 14.4 Å². The van der Waals surface area contributed by atoms with Crippen LogP contribution in [0.4, 0.5) is 11.4 Å². The first-order valence-electron chi connectivity index (χ1n) is 10.2. The van der Waals surface area contributed by atoms with Crippen LogP contribution in [0.25, 0.3) is 0 Å². The van der Waals surface area contributed by atoms with E-state index in [9.17, 15) is 14.4 Å². The van der Waals surface area contributed by atoms with Crippen molar-refractivity contribution in [2.24, 2.45) is 5.92 Å². The first-order chi connectivity index (χ1) is 14.9. The average molecular weight is 410 g/mol. The average Bonchev–Trinajstić information content (AvgIpc) is 3.19. The molecule has 31 heavy (non-hydrogen) atoms. The van der Waals surface area contributed by atoms with Gasteiger partial charge in [0.05, 0.1) is 0 Å². The van der Waals surface area contributed by atoms with Crippen LogP contribution < -0.4 is 10.2 Å². The number of benzene rings is 3.